The Bertz CT molecular complexity index is 527. The van der Waals surface area contributed by atoms with Crippen molar-refractivity contribution in [3.8, 4) is 0 Å². The van der Waals surface area contributed by atoms with E-state index in [4.69, 9.17) is 0 Å². The molecular formula is C14H19N. The highest BCUT2D eigenvalue weighted by molar-refractivity contribution is 5.71. The van der Waals surface area contributed by atoms with Crippen LogP contribution >= 0.6 is 0 Å². The van der Waals surface area contributed by atoms with E-state index >= 15 is 0 Å². The van der Waals surface area contributed by atoms with Crippen LogP contribution in [0.4, 0.5) is 5.69 Å². The highest BCUT2D eigenvalue weighted by atomic mass is 14.9. The third kappa shape index (κ3) is 0.940. The molecule has 0 bridgehead atoms. The van der Waals surface area contributed by atoms with Crippen molar-refractivity contribution in [2.24, 2.45) is 0 Å². The van der Waals surface area contributed by atoms with Crippen LogP contribution in [-0.4, -0.2) is 6.04 Å². The van der Waals surface area contributed by atoms with Crippen LogP contribution in [0.15, 0.2) is 0 Å². The van der Waals surface area contributed by atoms with Gasteiger partial charge in [0.15, 0.2) is 0 Å². The second-order valence-electron chi connectivity index (χ2n) is 5.20. The molecule has 0 saturated carbocycles. The minimum absolute atomic E-state index is 0.601. The minimum atomic E-state index is 0.601. The van der Waals surface area contributed by atoms with Crippen molar-refractivity contribution >= 4 is 5.69 Å². The maximum absolute atomic E-state index is 3.64. The summed E-state index contributed by atoms with van der Waals surface area (Å²) in [6.07, 6.45) is 2.52. The summed E-state index contributed by atoms with van der Waals surface area (Å²) in [6, 6.07) is 0.601. The van der Waals surface area contributed by atoms with Crippen LogP contribution in [0.25, 0.3) is 0 Å². The van der Waals surface area contributed by atoms with E-state index in [1.165, 1.54) is 24.1 Å². The molecule has 0 heterocycles. The molecule has 0 radical (unpaired) electrons. The van der Waals surface area contributed by atoms with Crippen molar-refractivity contribution in [1.82, 2.24) is 0 Å². The first-order valence-corrected chi connectivity index (χ1v) is 6.11. The molecule has 0 aliphatic heterocycles. The standard InChI is InChI=1S/C14H19N/c1-5-8(3)15-14-9(4)12-10-6-7(2)11(10)13(12)14/h7-8,15H,5-6H2,1-4H3. The van der Waals surface area contributed by atoms with Gasteiger partial charge in [0, 0.05) is 16.9 Å². The first kappa shape index (κ1) is 9.26. The molecule has 3 aliphatic rings. The van der Waals surface area contributed by atoms with Crippen LogP contribution < -0.4 is 5.32 Å². The van der Waals surface area contributed by atoms with Gasteiger partial charge in [-0.3, -0.25) is 0 Å². The number of anilines is 1. The van der Waals surface area contributed by atoms with E-state index in [-0.39, 0.29) is 0 Å². The summed E-state index contributed by atoms with van der Waals surface area (Å²) in [5, 5.41) is 6.83. The molecular weight excluding hydrogens is 182 g/mol. The van der Waals surface area contributed by atoms with Crippen LogP contribution in [-0.2, 0) is 6.42 Å². The molecule has 0 amide bonds. The summed E-state index contributed by atoms with van der Waals surface area (Å²) >= 11 is 0. The summed E-state index contributed by atoms with van der Waals surface area (Å²) in [5.74, 6) is 0.820. The van der Waals surface area contributed by atoms with Crippen LogP contribution in [0.2, 0.25) is 0 Å². The van der Waals surface area contributed by atoms with Gasteiger partial charge >= 0.3 is 0 Å². The van der Waals surface area contributed by atoms with Crippen molar-refractivity contribution < 1.29 is 0 Å². The zero-order valence-corrected chi connectivity index (χ0v) is 10.1. The second-order valence-corrected chi connectivity index (χ2v) is 5.20. The predicted octanol–water partition coefficient (Wildman–Crippen LogP) is 3.47. The number of hydrogen-bond donors (Lipinski definition) is 1. The van der Waals surface area contributed by atoms with Gasteiger partial charge in [0.05, 0.1) is 0 Å². The molecule has 1 nitrogen and oxygen atoms in total. The molecule has 80 valence electrons. The van der Waals surface area contributed by atoms with E-state index < -0.39 is 0 Å². The number of fused-ring (bicyclic) bond motifs is 3. The maximum Gasteiger partial charge on any atom is 0.0461 e. The van der Waals surface area contributed by atoms with E-state index in [9.17, 15) is 0 Å². The van der Waals surface area contributed by atoms with Gasteiger partial charge in [-0.2, -0.15) is 0 Å². The summed E-state index contributed by atoms with van der Waals surface area (Å²) in [7, 11) is 0. The van der Waals surface area contributed by atoms with Gasteiger partial charge < -0.3 is 5.32 Å². The highest BCUT2D eigenvalue weighted by Crippen LogP contribution is 2.48. The Morgan fingerprint density at radius 3 is 2.73 bits per heavy atom. The fourth-order valence-electron chi connectivity index (χ4n) is 2.99. The number of rotatable bonds is 3. The van der Waals surface area contributed by atoms with E-state index in [1.54, 1.807) is 21.6 Å². The average molecular weight is 201 g/mol. The summed E-state index contributed by atoms with van der Waals surface area (Å²) in [4.78, 5) is 0. The van der Waals surface area contributed by atoms with E-state index in [1.807, 2.05) is 0 Å². The lowest BCUT2D eigenvalue weighted by molar-refractivity contribution is 0.631. The van der Waals surface area contributed by atoms with Gasteiger partial charge in [-0.1, -0.05) is 13.8 Å². The van der Waals surface area contributed by atoms with Gasteiger partial charge in [-0.15, -0.1) is 0 Å². The lowest BCUT2D eigenvalue weighted by Gasteiger charge is -2.39. The molecule has 0 aromatic rings. The van der Waals surface area contributed by atoms with Gasteiger partial charge in [0.25, 0.3) is 0 Å². The molecule has 3 aliphatic carbocycles. The Morgan fingerprint density at radius 2 is 2.13 bits per heavy atom. The van der Waals surface area contributed by atoms with Crippen molar-refractivity contribution in [1.29, 1.82) is 0 Å². The summed E-state index contributed by atoms with van der Waals surface area (Å²) < 4.78 is 0. The SMILES string of the molecule is CCC(C)Nc1c(C)c2c3c(c1=2)C(C)C3. The first-order chi connectivity index (χ1) is 7.15. The van der Waals surface area contributed by atoms with Gasteiger partial charge in [0.2, 0.25) is 0 Å². The van der Waals surface area contributed by atoms with Crippen LogP contribution in [0.1, 0.15) is 49.8 Å². The zero-order chi connectivity index (χ0) is 10.7. The quantitative estimate of drug-likeness (QED) is 0.801. The number of hydrogen-bond acceptors (Lipinski definition) is 1. The Balaban J connectivity index is 1.97. The molecule has 0 fully saturated rings. The molecule has 0 saturated heterocycles. The smallest absolute Gasteiger partial charge is 0.0461 e. The average Bonchev–Trinajstić information content (AvgIpc) is 2.21. The molecule has 1 N–H and O–H groups in total. The molecule has 15 heavy (non-hydrogen) atoms. The molecule has 0 aromatic carbocycles. The van der Waals surface area contributed by atoms with Gasteiger partial charge in [0.1, 0.15) is 0 Å². The lowest BCUT2D eigenvalue weighted by atomic mass is 9.67. The minimum Gasteiger partial charge on any atom is -0.382 e. The van der Waals surface area contributed by atoms with Gasteiger partial charge in [-0.25, -0.2) is 0 Å². The summed E-state index contributed by atoms with van der Waals surface area (Å²) in [5.41, 5.74) is 6.30. The fraction of sp³-hybridized carbons (Fsp3) is 0.571. The predicted molar refractivity (Wildman–Crippen MR) is 64.3 cm³/mol. The topological polar surface area (TPSA) is 12.0 Å². The molecule has 0 spiro atoms. The van der Waals surface area contributed by atoms with Crippen LogP contribution in [0.5, 0.6) is 0 Å². The fourth-order valence-corrected chi connectivity index (χ4v) is 2.99. The molecule has 2 unspecified atom stereocenters. The van der Waals surface area contributed by atoms with E-state index in [2.05, 4.69) is 33.0 Å². The zero-order valence-electron chi connectivity index (χ0n) is 10.1. The largest absolute Gasteiger partial charge is 0.382 e. The first-order valence-electron chi connectivity index (χ1n) is 6.11. The number of nitrogens with one attached hydrogen (secondary N) is 1. The van der Waals surface area contributed by atoms with Crippen molar-refractivity contribution in [3.05, 3.63) is 27.1 Å². The normalized spacial score (nSPS) is 21.7. The highest BCUT2D eigenvalue weighted by Gasteiger charge is 2.35. The Kier molecular flexibility index (Phi) is 1.72. The van der Waals surface area contributed by atoms with Crippen molar-refractivity contribution in [2.75, 3.05) is 5.32 Å². The third-order valence-corrected chi connectivity index (χ3v) is 4.15. The third-order valence-electron chi connectivity index (χ3n) is 4.15. The van der Waals surface area contributed by atoms with Crippen molar-refractivity contribution in [2.45, 2.75) is 52.5 Å². The molecule has 0 aromatic heterocycles. The van der Waals surface area contributed by atoms with Crippen LogP contribution in [0.3, 0.4) is 0 Å². The van der Waals surface area contributed by atoms with Gasteiger partial charge in [-0.05, 0) is 54.5 Å². The van der Waals surface area contributed by atoms with E-state index in [0.717, 1.165) is 5.92 Å². The Hall–Kier alpha value is -0.980. The lowest BCUT2D eigenvalue weighted by Crippen LogP contribution is -2.28. The second kappa shape index (κ2) is 2.78. The summed E-state index contributed by atoms with van der Waals surface area (Å²) in [6.45, 7) is 9.10. The molecule has 2 atom stereocenters. The van der Waals surface area contributed by atoms with E-state index in [0.29, 0.717) is 6.04 Å². The number of benzene rings is 1. The molecule has 3 rings (SSSR count). The maximum atomic E-state index is 3.64. The Labute approximate surface area is 91.2 Å². The van der Waals surface area contributed by atoms with Crippen molar-refractivity contribution in [3.63, 3.8) is 0 Å². The Morgan fingerprint density at radius 1 is 1.40 bits per heavy atom. The monoisotopic (exact) mass is 201 g/mol. The van der Waals surface area contributed by atoms with Crippen LogP contribution in [0, 0.1) is 17.4 Å². The molecule has 1 heteroatoms.